The van der Waals surface area contributed by atoms with Crippen molar-refractivity contribution < 1.29 is 19.0 Å². The zero-order valence-electron chi connectivity index (χ0n) is 15.3. The molecule has 0 aromatic heterocycles. The molecule has 0 N–H and O–H groups in total. The number of para-hydroxylation sites is 1. The Balaban J connectivity index is 1.86. The van der Waals surface area contributed by atoms with Crippen molar-refractivity contribution in [2.24, 2.45) is 4.99 Å². The second-order valence-electron chi connectivity index (χ2n) is 5.95. The fraction of sp³-hybridized carbons (Fsp3) is 0.250. The smallest absolute Gasteiger partial charge is 0.318 e. The third-order valence-electron chi connectivity index (χ3n) is 4.43. The van der Waals surface area contributed by atoms with E-state index in [1.165, 1.54) is 0 Å². The van der Waals surface area contributed by atoms with E-state index in [0.29, 0.717) is 11.5 Å². The predicted molar refractivity (Wildman–Crippen MR) is 102 cm³/mol. The standard InChI is InChI=1S/C20H22N3O3/c1-14-19(20(24)23(22(14)2)16-8-6-5-7-9-16)21-13-15-10-11-17(25-3)18(12-15)26-4/h5-13,19H,1-4H3/q+1/t19-/m0/s1. The molecular weight excluding hydrogens is 330 g/mol. The van der Waals surface area contributed by atoms with Crippen molar-refractivity contribution in [2.75, 3.05) is 26.3 Å². The van der Waals surface area contributed by atoms with Gasteiger partial charge >= 0.3 is 5.91 Å². The van der Waals surface area contributed by atoms with Crippen LogP contribution in [0, 0.1) is 0 Å². The average Bonchev–Trinajstić information content (AvgIpc) is 2.89. The highest BCUT2D eigenvalue weighted by Crippen LogP contribution is 2.27. The van der Waals surface area contributed by atoms with Gasteiger partial charge in [-0.15, -0.1) is 4.68 Å². The van der Waals surface area contributed by atoms with Crippen LogP contribution >= 0.6 is 0 Å². The van der Waals surface area contributed by atoms with Crippen LogP contribution in [0.4, 0.5) is 5.69 Å². The van der Waals surface area contributed by atoms with Gasteiger partial charge < -0.3 is 9.47 Å². The first-order chi connectivity index (χ1) is 12.6. The van der Waals surface area contributed by atoms with Crippen LogP contribution in [-0.4, -0.2) is 49.8 Å². The van der Waals surface area contributed by atoms with Crippen molar-refractivity contribution in [3.05, 3.63) is 54.1 Å². The molecule has 1 atom stereocenters. The lowest BCUT2D eigenvalue weighted by atomic mass is 10.2. The molecule has 0 radical (unpaired) electrons. The predicted octanol–water partition coefficient (Wildman–Crippen LogP) is 2.56. The number of aliphatic imine (C=N–C) groups is 1. The second-order valence-corrected chi connectivity index (χ2v) is 5.95. The third-order valence-corrected chi connectivity index (χ3v) is 4.43. The summed E-state index contributed by atoms with van der Waals surface area (Å²) in [5.74, 6) is 1.20. The van der Waals surface area contributed by atoms with E-state index in [2.05, 4.69) is 4.99 Å². The largest absolute Gasteiger partial charge is 0.493 e. The summed E-state index contributed by atoms with van der Waals surface area (Å²) in [4.78, 5) is 17.4. The molecule has 134 valence electrons. The summed E-state index contributed by atoms with van der Waals surface area (Å²) in [6.45, 7) is 1.91. The number of hydrazone groups is 1. The quantitative estimate of drug-likeness (QED) is 0.614. The summed E-state index contributed by atoms with van der Waals surface area (Å²) in [6, 6.07) is 14.5. The van der Waals surface area contributed by atoms with E-state index in [-0.39, 0.29) is 5.91 Å². The van der Waals surface area contributed by atoms with Crippen LogP contribution in [0.1, 0.15) is 12.5 Å². The van der Waals surface area contributed by atoms with Crippen molar-refractivity contribution in [3.8, 4) is 11.5 Å². The number of hydrazine groups is 1. The van der Waals surface area contributed by atoms with Gasteiger partial charge in [0, 0.05) is 13.1 Å². The van der Waals surface area contributed by atoms with E-state index in [4.69, 9.17) is 9.47 Å². The van der Waals surface area contributed by atoms with E-state index < -0.39 is 6.04 Å². The van der Waals surface area contributed by atoms with Gasteiger partial charge in [0.05, 0.1) is 14.2 Å². The molecule has 6 nitrogen and oxygen atoms in total. The lowest BCUT2D eigenvalue weighted by Gasteiger charge is -2.11. The molecule has 1 aliphatic rings. The maximum Gasteiger partial charge on any atom is 0.318 e. The molecule has 1 heterocycles. The van der Waals surface area contributed by atoms with E-state index in [0.717, 1.165) is 17.0 Å². The Morgan fingerprint density at radius 3 is 2.42 bits per heavy atom. The number of carbonyl (C=O) groups excluding carboxylic acids is 1. The van der Waals surface area contributed by atoms with Crippen LogP contribution in [0.3, 0.4) is 0 Å². The van der Waals surface area contributed by atoms with E-state index in [1.807, 2.05) is 67.2 Å². The zero-order valence-corrected chi connectivity index (χ0v) is 15.3. The second kappa shape index (κ2) is 7.39. The van der Waals surface area contributed by atoms with Crippen LogP contribution in [0.15, 0.2) is 53.5 Å². The van der Waals surface area contributed by atoms with Gasteiger partial charge in [-0.3, -0.25) is 9.79 Å². The lowest BCUT2D eigenvalue weighted by molar-refractivity contribution is -0.495. The lowest BCUT2D eigenvalue weighted by Crippen LogP contribution is -2.35. The Labute approximate surface area is 153 Å². The number of anilines is 1. The summed E-state index contributed by atoms with van der Waals surface area (Å²) < 4.78 is 12.4. The Morgan fingerprint density at radius 2 is 1.77 bits per heavy atom. The molecule has 0 saturated heterocycles. The fourth-order valence-electron chi connectivity index (χ4n) is 2.91. The van der Waals surface area contributed by atoms with Crippen molar-refractivity contribution in [2.45, 2.75) is 13.0 Å². The minimum absolute atomic E-state index is 0.0760. The number of nitrogens with zero attached hydrogens (tertiary/aromatic N) is 3. The number of rotatable bonds is 5. The molecule has 0 aliphatic carbocycles. The SMILES string of the molecule is COc1ccc(C=N[C@@H]2C(=O)N(c3ccccc3)[N+](C)=C2C)cc1OC. The summed E-state index contributed by atoms with van der Waals surface area (Å²) in [6.07, 6.45) is 1.69. The molecule has 3 rings (SSSR count). The topological polar surface area (TPSA) is 54.1 Å². The van der Waals surface area contributed by atoms with E-state index in [1.54, 1.807) is 25.4 Å². The molecule has 1 aliphatic heterocycles. The van der Waals surface area contributed by atoms with Gasteiger partial charge in [-0.05, 0) is 35.9 Å². The highest BCUT2D eigenvalue weighted by atomic mass is 16.5. The summed E-state index contributed by atoms with van der Waals surface area (Å²) in [5, 5.41) is 1.64. The molecule has 2 aromatic rings. The number of benzene rings is 2. The fourth-order valence-corrected chi connectivity index (χ4v) is 2.91. The number of carbonyl (C=O) groups is 1. The van der Waals surface area contributed by atoms with Crippen LogP contribution < -0.4 is 14.5 Å². The average molecular weight is 352 g/mol. The summed E-state index contributed by atoms with van der Waals surface area (Å²) >= 11 is 0. The zero-order chi connectivity index (χ0) is 18.7. The number of hydrogen-bond donors (Lipinski definition) is 0. The number of hydrogen-bond acceptors (Lipinski definition) is 4. The number of methoxy groups -OCH3 is 2. The van der Waals surface area contributed by atoms with Gasteiger partial charge in [0.15, 0.2) is 18.5 Å². The van der Waals surface area contributed by atoms with Gasteiger partial charge in [-0.2, -0.15) is 0 Å². The minimum atomic E-state index is -0.548. The van der Waals surface area contributed by atoms with Gasteiger partial charge in [-0.1, -0.05) is 23.2 Å². The molecule has 26 heavy (non-hydrogen) atoms. The summed E-state index contributed by atoms with van der Waals surface area (Å²) in [5.41, 5.74) is 2.53. The van der Waals surface area contributed by atoms with Crippen molar-refractivity contribution in [3.63, 3.8) is 0 Å². The number of amides is 1. The first kappa shape index (κ1) is 17.7. The normalized spacial score (nSPS) is 17.3. The maximum absolute atomic E-state index is 12.9. The molecule has 0 saturated carbocycles. The Kier molecular flexibility index (Phi) is 5.02. The monoisotopic (exact) mass is 352 g/mol. The van der Waals surface area contributed by atoms with Crippen LogP contribution in [0.5, 0.6) is 11.5 Å². The molecule has 6 heteroatoms. The molecule has 1 amide bonds. The summed E-state index contributed by atoms with van der Waals surface area (Å²) in [7, 11) is 5.05. The minimum Gasteiger partial charge on any atom is -0.493 e. The first-order valence-corrected chi connectivity index (χ1v) is 8.28. The number of ether oxygens (including phenoxy) is 2. The molecular formula is C20H22N3O3+. The molecule has 0 unspecified atom stereocenters. The first-order valence-electron chi connectivity index (χ1n) is 8.28. The van der Waals surface area contributed by atoms with Crippen LogP contribution in [0.2, 0.25) is 0 Å². The van der Waals surface area contributed by atoms with Crippen molar-refractivity contribution >= 4 is 23.5 Å². The highest BCUT2D eigenvalue weighted by molar-refractivity contribution is 6.15. The molecule has 2 aromatic carbocycles. The van der Waals surface area contributed by atoms with Gasteiger partial charge in [0.2, 0.25) is 11.8 Å². The Bertz CT molecular complexity index is 875. The van der Waals surface area contributed by atoms with Gasteiger partial charge in [0.25, 0.3) is 0 Å². The molecule has 0 spiro atoms. The van der Waals surface area contributed by atoms with E-state index >= 15 is 0 Å². The Morgan fingerprint density at radius 1 is 1.08 bits per heavy atom. The van der Waals surface area contributed by atoms with Crippen molar-refractivity contribution in [1.29, 1.82) is 0 Å². The van der Waals surface area contributed by atoms with Crippen LogP contribution in [-0.2, 0) is 4.79 Å². The molecule has 0 fully saturated rings. The van der Waals surface area contributed by atoms with Crippen molar-refractivity contribution in [1.82, 2.24) is 0 Å². The Hall–Kier alpha value is -3.15. The highest BCUT2D eigenvalue weighted by Gasteiger charge is 2.44. The van der Waals surface area contributed by atoms with Crippen LogP contribution in [0.25, 0.3) is 0 Å². The third kappa shape index (κ3) is 3.18. The maximum atomic E-state index is 12.9. The van der Waals surface area contributed by atoms with Gasteiger partial charge in [0.1, 0.15) is 5.69 Å². The van der Waals surface area contributed by atoms with Gasteiger partial charge in [-0.25, -0.2) is 0 Å². The molecule has 0 bridgehead atoms. The van der Waals surface area contributed by atoms with E-state index in [9.17, 15) is 4.79 Å².